The molecule has 0 atom stereocenters. The van der Waals surface area contributed by atoms with Gasteiger partial charge in [-0.05, 0) is 35.4 Å². The summed E-state index contributed by atoms with van der Waals surface area (Å²) in [5, 5.41) is 8.62. The minimum absolute atomic E-state index is 0.291. The van der Waals surface area contributed by atoms with Crippen LogP contribution < -0.4 is 0 Å². The zero-order valence-electron chi connectivity index (χ0n) is 20.9. The summed E-state index contributed by atoms with van der Waals surface area (Å²) in [6, 6.07) is 7.71. The molecule has 4 aromatic rings. The van der Waals surface area contributed by atoms with E-state index in [0.717, 1.165) is 22.3 Å². The molecule has 2 aliphatic rings. The molecule has 12 nitrogen and oxygen atoms in total. The summed E-state index contributed by atoms with van der Waals surface area (Å²) in [5.41, 5.74) is 4.25. The quantitative estimate of drug-likeness (QED) is 0.351. The van der Waals surface area contributed by atoms with Crippen LogP contribution in [0.3, 0.4) is 0 Å². The lowest BCUT2D eigenvalue weighted by atomic mass is 10.1. The van der Waals surface area contributed by atoms with Gasteiger partial charge in [0.15, 0.2) is 0 Å². The lowest BCUT2D eigenvalue weighted by Crippen LogP contribution is -2.30. The maximum Gasteiger partial charge on any atom is 0.356 e. The van der Waals surface area contributed by atoms with Gasteiger partial charge in [0.25, 0.3) is 0 Å². The Morgan fingerprint density at radius 1 is 0.737 bits per heavy atom. The molecule has 12 heteroatoms. The van der Waals surface area contributed by atoms with E-state index in [4.69, 9.17) is 9.47 Å². The van der Waals surface area contributed by atoms with Crippen LogP contribution in [0.4, 0.5) is 0 Å². The van der Waals surface area contributed by atoms with Gasteiger partial charge in [-0.15, -0.1) is 0 Å². The fraction of sp³-hybridized carbons (Fsp3) is 0.308. The molecule has 4 aromatic heterocycles. The number of methoxy groups -OCH3 is 2. The molecular formula is C26H26N6O6. The van der Waals surface area contributed by atoms with Gasteiger partial charge >= 0.3 is 11.9 Å². The van der Waals surface area contributed by atoms with Gasteiger partial charge in [0.2, 0.25) is 0 Å². The fourth-order valence-corrected chi connectivity index (χ4v) is 3.78. The lowest BCUT2D eigenvalue weighted by molar-refractivity contribution is -0.0286. The van der Waals surface area contributed by atoms with Crippen molar-refractivity contribution < 1.29 is 28.5 Å². The van der Waals surface area contributed by atoms with Crippen molar-refractivity contribution >= 4 is 11.9 Å². The summed E-state index contributed by atoms with van der Waals surface area (Å²) in [6.45, 7) is 2.80. The number of aromatic nitrogens is 6. The molecule has 0 bridgehead atoms. The first-order chi connectivity index (χ1) is 18.6. The molecule has 196 valence electrons. The predicted molar refractivity (Wildman–Crippen MR) is 133 cm³/mol. The molecule has 0 radical (unpaired) electrons. The second-order valence-electron chi connectivity index (χ2n) is 8.64. The molecule has 0 aliphatic carbocycles. The Bertz CT molecular complexity index is 1320. The van der Waals surface area contributed by atoms with Gasteiger partial charge in [-0.3, -0.25) is 9.36 Å². The van der Waals surface area contributed by atoms with Crippen LogP contribution in [0.2, 0.25) is 0 Å². The Kier molecular flexibility index (Phi) is 7.52. The van der Waals surface area contributed by atoms with Crippen LogP contribution in [0.5, 0.6) is 0 Å². The molecule has 2 fully saturated rings. The molecule has 2 saturated heterocycles. The van der Waals surface area contributed by atoms with E-state index in [1.54, 1.807) is 36.9 Å². The van der Waals surface area contributed by atoms with Crippen LogP contribution in [0.1, 0.15) is 33.1 Å². The molecule has 2 aliphatic heterocycles. The third-order valence-electron chi connectivity index (χ3n) is 6.17. The molecule has 6 rings (SSSR count). The highest BCUT2D eigenvalue weighted by Gasteiger charge is 2.22. The van der Waals surface area contributed by atoms with Gasteiger partial charge < -0.3 is 18.9 Å². The molecule has 38 heavy (non-hydrogen) atoms. The number of nitrogens with zero attached hydrogens (tertiary/aromatic N) is 6. The average molecular weight is 519 g/mol. The minimum atomic E-state index is -0.443. The second-order valence-corrected chi connectivity index (χ2v) is 8.64. The standard InChI is InChI=1S/2C13H13N3O3/c2*1-18-13(17)12-4-9(2-3-14-12)10-5-15-16(6-10)11-7-19-8-11/h2*2-6,11H,7-8H2,1H3. The number of rotatable bonds is 6. The Hall–Kier alpha value is -4.42. The maximum atomic E-state index is 11.4. The van der Waals surface area contributed by atoms with Crippen LogP contribution in [0.15, 0.2) is 61.4 Å². The minimum Gasteiger partial charge on any atom is -0.464 e. The van der Waals surface area contributed by atoms with Gasteiger partial charge in [-0.25, -0.2) is 19.6 Å². The summed E-state index contributed by atoms with van der Waals surface area (Å²) in [7, 11) is 2.68. The SMILES string of the molecule is COC(=O)c1cc(-c2cnn(C3COC3)c2)ccn1.COC(=O)c1cc(-c2cnn(C3COC3)c2)ccn1. The molecular weight excluding hydrogens is 492 g/mol. The fourth-order valence-electron chi connectivity index (χ4n) is 3.78. The molecule has 6 heterocycles. The van der Waals surface area contributed by atoms with Crippen molar-refractivity contribution in [3.8, 4) is 22.3 Å². The summed E-state index contributed by atoms with van der Waals surface area (Å²) in [5.74, 6) is -0.886. The molecule has 0 saturated carbocycles. The highest BCUT2D eigenvalue weighted by molar-refractivity contribution is 5.89. The van der Waals surface area contributed by atoms with E-state index in [9.17, 15) is 9.59 Å². The van der Waals surface area contributed by atoms with Crippen LogP contribution in [0, 0.1) is 0 Å². The van der Waals surface area contributed by atoms with Crippen molar-refractivity contribution in [1.29, 1.82) is 0 Å². The summed E-state index contributed by atoms with van der Waals surface area (Å²) >= 11 is 0. The van der Waals surface area contributed by atoms with Gasteiger partial charge in [0.05, 0.1) is 65.1 Å². The highest BCUT2D eigenvalue weighted by atomic mass is 16.5. The molecule has 0 unspecified atom stereocenters. The van der Waals surface area contributed by atoms with Gasteiger partial charge in [0, 0.05) is 35.9 Å². The average Bonchev–Trinajstić information content (AvgIpc) is 3.57. The number of esters is 2. The highest BCUT2D eigenvalue weighted by Crippen LogP contribution is 2.24. The Labute approximate surface area is 218 Å². The zero-order chi connectivity index (χ0) is 26.5. The first-order valence-corrected chi connectivity index (χ1v) is 11.9. The van der Waals surface area contributed by atoms with Gasteiger partial charge in [-0.2, -0.15) is 10.2 Å². The topological polar surface area (TPSA) is 132 Å². The number of pyridine rings is 2. The first kappa shape index (κ1) is 25.2. The second kappa shape index (κ2) is 11.3. The summed E-state index contributed by atoms with van der Waals surface area (Å²) in [4.78, 5) is 30.9. The van der Waals surface area contributed by atoms with Crippen molar-refractivity contribution in [2.45, 2.75) is 12.1 Å². The van der Waals surface area contributed by atoms with Crippen molar-refractivity contribution in [3.63, 3.8) is 0 Å². The number of carbonyl (C=O) groups excluding carboxylic acids is 2. The number of carbonyl (C=O) groups is 2. The first-order valence-electron chi connectivity index (χ1n) is 11.9. The monoisotopic (exact) mass is 518 g/mol. The number of hydrogen-bond donors (Lipinski definition) is 0. The maximum absolute atomic E-state index is 11.4. The Morgan fingerprint density at radius 3 is 1.50 bits per heavy atom. The van der Waals surface area contributed by atoms with Crippen LogP contribution in [-0.2, 0) is 18.9 Å². The van der Waals surface area contributed by atoms with E-state index in [1.807, 2.05) is 33.9 Å². The third-order valence-corrected chi connectivity index (χ3v) is 6.17. The van der Waals surface area contributed by atoms with E-state index >= 15 is 0 Å². The molecule has 0 aromatic carbocycles. The summed E-state index contributed by atoms with van der Waals surface area (Å²) < 4.78 is 23.4. The van der Waals surface area contributed by atoms with Crippen LogP contribution >= 0.6 is 0 Å². The van der Waals surface area contributed by atoms with Gasteiger partial charge in [0.1, 0.15) is 11.4 Å². The summed E-state index contributed by atoms with van der Waals surface area (Å²) in [6.07, 6.45) is 10.6. The van der Waals surface area contributed by atoms with E-state index < -0.39 is 11.9 Å². The largest absolute Gasteiger partial charge is 0.464 e. The number of hydrogen-bond acceptors (Lipinski definition) is 10. The van der Waals surface area contributed by atoms with E-state index in [0.29, 0.717) is 49.9 Å². The smallest absolute Gasteiger partial charge is 0.356 e. The zero-order valence-corrected chi connectivity index (χ0v) is 20.9. The number of ether oxygens (including phenoxy) is 4. The van der Waals surface area contributed by atoms with Crippen LogP contribution in [0.25, 0.3) is 22.3 Å². The Morgan fingerprint density at radius 2 is 1.16 bits per heavy atom. The van der Waals surface area contributed by atoms with Crippen LogP contribution in [-0.4, -0.2) is 82.1 Å². The van der Waals surface area contributed by atoms with Gasteiger partial charge in [-0.1, -0.05) is 0 Å². The predicted octanol–water partition coefficient (Wildman–Crippen LogP) is 2.61. The van der Waals surface area contributed by atoms with E-state index in [2.05, 4.69) is 29.6 Å². The van der Waals surface area contributed by atoms with Crippen molar-refractivity contribution in [2.75, 3.05) is 40.6 Å². The van der Waals surface area contributed by atoms with Crippen molar-refractivity contribution in [1.82, 2.24) is 29.5 Å². The Balaban J connectivity index is 0.000000155. The molecule has 0 N–H and O–H groups in total. The van der Waals surface area contributed by atoms with Crippen molar-refractivity contribution in [2.24, 2.45) is 0 Å². The van der Waals surface area contributed by atoms with E-state index in [-0.39, 0.29) is 0 Å². The third kappa shape index (κ3) is 5.45. The van der Waals surface area contributed by atoms with Crippen molar-refractivity contribution in [3.05, 3.63) is 72.8 Å². The lowest BCUT2D eigenvalue weighted by Gasteiger charge is -2.25. The molecule has 0 spiro atoms. The normalized spacial score (nSPS) is 15.0. The molecule has 0 amide bonds. The van der Waals surface area contributed by atoms with E-state index in [1.165, 1.54) is 14.2 Å².